The van der Waals surface area contributed by atoms with Crippen molar-refractivity contribution in [3.05, 3.63) is 51.7 Å². The highest BCUT2D eigenvalue weighted by Crippen LogP contribution is 2.31. The predicted octanol–water partition coefficient (Wildman–Crippen LogP) is 4.65. The van der Waals surface area contributed by atoms with Crippen LogP contribution in [0.25, 0.3) is 22.2 Å². The molecule has 0 spiro atoms. The monoisotopic (exact) mass is 340 g/mol. The number of hydrogen-bond acceptors (Lipinski definition) is 6. The molecular formula is C17H12N2O2S2. The minimum atomic E-state index is 0.0388. The van der Waals surface area contributed by atoms with Gasteiger partial charge in [0, 0.05) is 5.38 Å². The summed E-state index contributed by atoms with van der Waals surface area (Å²) in [5, 5.41) is 23.8. The van der Waals surface area contributed by atoms with E-state index < -0.39 is 0 Å². The minimum absolute atomic E-state index is 0.0388. The Bertz CT molecular complexity index is 890. The number of allylic oxidation sites excluding steroid dienone is 1. The highest BCUT2D eigenvalue weighted by molar-refractivity contribution is 7.14. The van der Waals surface area contributed by atoms with E-state index in [4.69, 9.17) is 4.74 Å². The van der Waals surface area contributed by atoms with Crippen LogP contribution in [0.3, 0.4) is 0 Å². The van der Waals surface area contributed by atoms with Crippen molar-refractivity contribution in [1.29, 1.82) is 5.26 Å². The molecule has 0 aliphatic rings. The van der Waals surface area contributed by atoms with Gasteiger partial charge in [-0.15, -0.1) is 22.7 Å². The van der Waals surface area contributed by atoms with Gasteiger partial charge in [-0.2, -0.15) is 5.26 Å². The second kappa shape index (κ2) is 6.65. The van der Waals surface area contributed by atoms with Crippen molar-refractivity contribution in [3.8, 4) is 28.1 Å². The molecule has 0 aliphatic carbocycles. The summed E-state index contributed by atoms with van der Waals surface area (Å²) < 4.78 is 5.02. The van der Waals surface area contributed by atoms with Crippen LogP contribution in [-0.4, -0.2) is 17.2 Å². The SMILES string of the molecule is COc1ccc(/C=C(/C#N)c2nc(-c3cccs3)cs2)cc1O. The van der Waals surface area contributed by atoms with Crippen molar-refractivity contribution in [3.63, 3.8) is 0 Å². The summed E-state index contributed by atoms with van der Waals surface area (Å²) in [4.78, 5) is 5.60. The second-order valence-electron chi connectivity index (χ2n) is 4.62. The van der Waals surface area contributed by atoms with Gasteiger partial charge in [-0.3, -0.25) is 0 Å². The minimum Gasteiger partial charge on any atom is -0.504 e. The number of nitriles is 1. The van der Waals surface area contributed by atoms with Crippen molar-refractivity contribution in [2.24, 2.45) is 0 Å². The largest absolute Gasteiger partial charge is 0.504 e. The van der Waals surface area contributed by atoms with Crippen LogP contribution >= 0.6 is 22.7 Å². The number of nitrogens with zero attached hydrogens (tertiary/aromatic N) is 2. The van der Waals surface area contributed by atoms with E-state index in [1.165, 1.54) is 18.4 Å². The van der Waals surface area contributed by atoms with E-state index in [0.717, 1.165) is 10.6 Å². The van der Waals surface area contributed by atoms with Gasteiger partial charge >= 0.3 is 0 Å². The van der Waals surface area contributed by atoms with E-state index in [-0.39, 0.29) is 5.75 Å². The molecule has 114 valence electrons. The molecule has 0 saturated heterocycles. The fraction of sp³-hybridized carbons (Fsp3) is 0.0588. The van der Waals surface area contributed by atoms with E-state index >= 15 is 0 Å². The van der Waals surface area contributed by atoms with Crippen LogP contribution in [0.1, 0.15) is 10.6 Å². The molecule has 0 bridgehead atoms. The van der Waals surface area contributed by atoms with Crippen molar-refractivity contribution in [1.82, 2.24) is 4.98 Å². The first kappa shape index (κ1) is 15.3. The average Bonchev–Trinajstić information content (AvgIpc) is 3.23. The van der Waals surface area contributed by atoms with Gasteiger partial charge in [0.2, 0.25) is 0 Å². The van der Waals surface area contributed by atoms with Gasteiger partial charge in [0.05, 0.1) is 23.3 Å². The molecule has 1 aromatic carbocycles. The Labute approximate surface area is 141 Å². The van der Waals surface area contributed by atoms with Gasteiger partial charge in [-0.1, -0.05) is 12.1 Å². The van der Waals surface area contributed by atoms with Crippen LogP contribution < -0.4 is 4.74 Å². The predicted molar refractivity (Wildman–Crippen MR) is 93.6 cm³/mol. The van der Waals surface area contributed by atoms with Crippen molar-refractivity contribution in [2.45, 2.75) is 0 Å². The summed E-state index contributed by atoms with van der Waals surface area (Å²) in [6.07, 6.45) is 1.70. The Kier molecular flexibility index (Phi) is 4.42. The summed E-state index contributed by atoms with van der Waals surface area (Å²) in [7, 11) is 1.49. The lowest BCUT2D eigenvalue weighted by Gasteiger charge is -2.03. The van der Waals surface area contributed by atoms with E-state index in [9.17, 15) is 10.4 Å². The smallest absolute Gasteiger partial charge is 0.160 e. The summed E-state index contributed by atoms with van der Waals surface area (Å²) >= 11 is 3.04. The Morgan fingerprint density at radius 2 is 2.22 bits per heavy atom. The average molecular weight is 340 g/mol. The molecule has 0 aliphatic heterocycles. The maximum Gasteiger partial charge on any atom is 0.160 e. The number of thiophene rings is 1. The first-order chi connectivity index (χ1) is 11.2. The van der Waals surface area contributed by atoms with Crippen LogP contribution in [0.15, 0.2) is 41.1 Å². The Balaban J connectivity index is 1.94. The fourth-order valence-electron chi connectivity index (χ4n) is 2.04. The Morgan fingerprint density at radius 1 is 1.35 bits per heavy atom. The number of phenols is 1. The molecule has 2 aromatic heterocycles. The lowest BCUT2D eigenvalue weighted by atomic mass is 10.1. The highest BCUT2D eigenvalue weighted by atomic mass is 32.1. The highest BCUT2D eigenvalue weighted by Gasteiger charge is 2.10. The summed E-state index contributed by atoms with van der Waals surface area (Å²) in [6, 6.07) is 11.1. The van der Waals surface area contributed by atoms with E-state index in [0.29, 0.717) is 21.9 Å². The molecule has 4 nitrogen and oxygen atoms in total. The number of thiazole rings is 1. The first-order valence-electron chi connectivity index (χ1n) is 6.70. The van der Waals surface area contributed by atoms with Crippen LogP contribution in [0.2, 0.25) is 0 Å². The summed E-state index contributed by atoms with van der Waals surface area (Å²) in [5.41, 5.74) is 2.05. The molecule has 0 unspecified atom stereocenters. The zero-order chi connectivity index (χ0) is 16.2. The third-order valence-corrected chi connectivity index (χ3v) is 4.91. The molecule has 3 rings (SSSR count). The standard InChI is InChI=1S/C17H12N2O2S2/c1-21-15-5-4-11(8-14(15)20)7-12(9-18)17-19-13(10-23-17)16-3-2-6-22-16/h2-8,10,20H,1H3/b12-7-. The number of phenolic OH excluding ortho intramolecular Hbond substituents is 1. The van der Waals surface area contributed by atoms with Gasteiger partial charge in [0.15, 0.2) is 11.5 Å². The van der Waals surface area contributed by atoms with Crippen LogP contribution in [-0.2, 0) is 0 Å². The normalized spacial score (nSPS) is 11.2. The third kappa shape index (κ3) is 3.26. The maximum absolute atomic E-state index is 9.83. The van der Waals surface area contributed by atoms with Crippen LogP contribution in [0.5, 0.6) is 11.5 Å². The number of aromatic nitrogens is 1. The van der Waals surface area contributed by atoms with Gasteiger partial charge in [-0.05, 0) is 35.2 Å². The third-order valence-electron chi connectivity index (χ3n) is 3.14. The van der Waals surface area contributed by atoms with Crippen molar-refractivity contribution in [2.75, 3.05) is 7.11 Å². The fourth-order valence-corrected chi connectivity index (χ4v) is 3.59. The van der Waals surface area contributed by atoms with Crippen molar-refractivity contribution < 1.29 is 9.84 Å². The van der Waals surface area contributed by atoms with E-state index in [2.05, 4.69) is 11.1 Å². The summed E-state index contributed by atoms with van der Waals surface area (Å²) in [5.74, 6) is 0.437. The Morgan fingerprint density at radius 3 is 2.87 bits per heavy atom. The first-order valence-corrected chi connectivity index (χ1v) is 8.46. The van der Waals surface area contributed by atoms with Gasteiger partial charge in [-0.25, -0.2) is 4.98 Å². The maximum atomic E-state index is 9.83. The molecular weight excluding hydrogens is 328 g/mol. The lowest BCUT2D eigenvalue weighted by Crippen LogP contribution is -1.85. The van der Waals surface area contributed by atoms with Crippen LogP contribution in [0, 0.1) is 11.3 Å². The van der Waals surface area contributed by atoms with E-state index in [1.807, 2.05) is 22.9 Å². The molecule has 0 radical (unpaired) electrons. The number of ether oxygens (including phenoxy) is 1. The molecule has 1 N–H and O–H groups in total. The summed E-state index contributed by atoms with van der Waals surface area (Å²) in [6.45, 7) is 0. The quantitative estimate of drug-likeness (QED) is 0.702. The molecule has 0 fully saturated rings. The van der Waals surface area contributed by atoms with Crippen LogP contribution in [0.4, 0.5) is 0 Å². The second-order valence-corrected chi connectivity index (χ2v) is 6.42. The topological polar surface area (TPSA) is 66.1 Å². The molecule has 3 aromatic rings. The Hall–Kier alpha value is -2.62. The number of hydrogen-bond donors (Lipinski definition) is 1. The van der Waals surface area contributed by atoms with Crippen molar-refractivity contribution >= 4 is 34.3 Å². The van der Waals surface area contributed by atoms with E-state index in [1.54, 1.807) is 35.6 Å². The number of rotatable bonds is 4. The molecule has 0 saturated carbocycles. The lowest BCUT2D eigenvalue weighted by molar-refractivity contribution is 0.373. The zero-order valence-electron chi connectivity index (χ0n) is 12.2. The number of aromatic hydroxyl groups is 1. The molecule has 2 heterocycles. The number of methoxy groups -OCH3 is 1. The zero-order valence-corrected chi connectivity index (χ0v) is 13.8. The molecule has 0 amide bonds. The van der Waals surface area contributed by atoms with Gasteiger partial charge in [0.1, 0.15) is 11.1 Å². The molecule has 23 heavy (non-hydrogen) atoms. The molecule has 6 heteroatoms. The number of benzene rings is 1. The van der Waals surface area contributed by atoms with Gasteiger partial charge in [0.25, 0.3) is 0 Å². The van der Waals surface area contributed by atoms with Gasteiger partial charge < -0.3 is 9.84 Å². The molecule has 0 atom stereocenters.